The van der Waals surface area contributed by atoms with Crippen LogP contribution in [0.3, 0.4) is 0 Å². The quantitative estimate of drug-likeness (QED) is 0.453. The summed E-state index contributed by atoms with van der Waals surface area (Å²) in [6.07, 6.45) is -6.28. The minimum absolute atomic E-state index is 0.00918. The maximum Gasteiger partial charge on any atom is 0.416 e. The largest absolute Gasteiger partial charge is 0.465 e. The summed E-state index contributed by atoms with van der Waals surface area (Å²) in [6, 6.07) is 9.57. The van der Waals surface area contributed by atoms with Crippen molar-refractivity contribution in [1.82, 2.24) is 14.5 Å². The number of carboxylic acid groups (broad SMARTS) is 1. The van der Waals surface area contributed by atoms with Gasteiger partial charge in [0.05, 0.1) is 24.7 Å². The molecule has 7 nitrogen and oxygen atoms in total. The third-order valence-electron chi connectivity index (χ3n) is 5.22. The van der Waals surface area contributed by atoms with E-state index in [1.807, 2.05) is 0 Å². The van der Waals surface area contributed by atoms with Crippen molar-refractivity contribution in [2.45, 2.75) is 32.2 Å². The molecule has 0 radical (unpaired) electrons. The summed E-state index contributed by atoms with van der Waals surface area (Å²) < 4.78 is 56.2. The Labute approximate surface area is 198 Å². The molecule has 1 amide bonds. The summed E-state index contributed by atoms with van der Waals surface area (Å²) in [6.45, 7) is 0.0825. The van der Waals surface area contributed by atoms with Crippen molar-refractivity contribution < 1.29 is 27.5 Å². The van der Waals surface area contributed by atoms with E-state index < -0.39 is 59.6 Å². The van der Waals surface area contributed by atoms with E-state index in [0.29, 0.717) is 16.2 Å². The van der Waals surface area contributed by atoms with Crippen molar-refractivity contribution in [3.05, 3.63) is 102 Å². The predicted octanol–water partition coefficient (Wildman–Crippen LogP) is 4.30. The minimum atomic E-state index is -4.87. The SMILES string of the molecule is Cc1c(Br)c(=O)n(CC(NC(=O)O)c2ccccc2)c(=O)n1Cc1c(F)cccc1C(F)(F)F. The van der Waals surface area contributed by atoms with Crippen LogP contribution in [0.25, 0.3) is 0 Å². The van der Waals surface area contributed by atoms with Gasteiger partial charge in [-0.2, -0.15) is 13.2 Å². The van der Waals surface area contributed by atoms with Crippen LogP contribution in [-0.4, -0.2) is 20.3 Å². The Morgan fingerprint density at radius 3 is 2.32 bits per heavy atom. The average Bonchev–Trinajstić information content (AvgIpc) is 2.78. The van der Waals surface area contributed by atoms with Gasteiger partial charge < -0.3 is 10.4 Å². The molecule has 0 spiro atoms. The fourth-order valence-corrected chi connectivity index (χ4v) is 3.94. The number of nitrogens with zero attached hydrogens (tertiary/aromatic N) is 2. The van der Waals surface area contributed by atoms with E-state index in [0.717, 1.165) is 16.7 Å². The van der Waals surface area contributed by atoms with Gasteiger partial charge in [0, 0.05) is 11.3 Å². The van der Waals surface area contributed by atoms with Crippen LogP contribution in [0.1, 0.15) is 28.4 Å². The van der Waals surface area contributed by atoms with Crippen LogP contribution >= 0.6 is 15.9 Å². The highest BCUT2D eigenvalue weighted by Crippen LogP contribution is 2.33. The molecule has 180 valence electrons. The first kappa shape index (κ1) is 25.2. The molecule has 0 bridgehead atoms. The van der Waals surface area contributed by atoms with E-state index in [-0.39, 0.29) is 10.2 Å². The van der Waals surface area contributed by atoms with E-state index in [4.69, 9.17) is 0 Å². The highest BCUT2D eigenvalue weighted by molar-refractivity contribution is 9.10. The predicted molar refractivity (Wildman–Crippen MR) is 118 cm³/mol. The molecule has 0 aliphatic carbocycles. The van der Waals surface area contributed by atoms with E-state index in [2.05, 4.69) is 21.2 Å². The molecule has 34 heavy (non-hydrogen) atoms. The number of carbonyl (C=O) groups is 1. The summed E-state index contributed by atoms with van der Waals surface area (Å²) in [5.41, 5.74) is -3.40. The second-order valence-corrected chi connectivity index (χ2v) is 8.15. The molecule has 0 saturated carbocycles. The number of aromatic nitrogens is 2. The number of alkyl halides is 3. The van der Waals surface area contributed by atoms with Gasteiger partial charge in [-0.1, -0.05) is 36.4 Å². The molecule has 0 aliphatic heterocycles. The third-order valence-corrected chi connectivity index (χ3v) is 6.14. The molecule has 0 fully saturated rings. The molecule has 3 aromatic rings. The van der Waals surface area contributed by atoms with Gasteiger partial charge in [-0.25, -0.2) is 14.0 Å². The topological polar surface area (TPSA) is 93.3 Å². The lowest BCUT2D eigenvalue weighted by Crippen LogP contribution is -2.45. The standard InChI is InChI=1S/C22H18BrF4N3O4/c1-12-18(23)19(31)30(11-17(28-20(32)33)13-6-3-2-4-7-13)21(34)29(12)10-14-15(22(25,26)27)8-5-9-16(14)24/h2-9,17,28H,10-11H2,1H3,(H,32,33). The van der Waals surface area contributed by atoms with Gasteiger partial charge in [-0.3, -0.25) is 13.9 Å². The van der Waals surface area contributed by atoms with Crippen LogP contribution in [0.2, 0.25) is 0 Å². The maximum absolute atomic E-state index is 14.4. The van der Waals surface area contributed by atoms with Gasteiger partial charge in [0.15, 0.2) is 0 Å². The number of halogens is 5. The zero-order valence-corrected chi connectivity index (χ0v) is 19.2. The van der Waals surface area contributed by atoms with Crippen molar-refractivity contribution in [1.29, 1.82) is 0 Å². The summed E-state index contributed by atoms with van der Waals surface area (Å²) in [5.74, 6) is -1.16. The third kappa shape index (κ3) is 5.22. The van der Waals surface area contributed by atoms with Crippen LogP contribution in [0, 0.1) is 12.7 Å². The lowest BCUT2D eigenvalue weighted by Gasteiger charge is -2.21. The number of rotatable bonds is 6. The van der Waals surface area contributed by atoms with Gasteiger partial charge in [0.1, 0.15) is 10.3 Å². The Morgan fingerprint density at radius 2 is 1.74 bits per heavy atom. The molecule has 3 rings (SSSR count). The molecule has 1 aromatic heterocycles. The summed E-state index contributed by atoms with van der Waals surface area (Å²) in [5, 5.41) is 11.4. The Kier molecular flexibility index (Phi) is 7.29. The van der Waals surface area contributed by atoms with Crippen LogP contribution in [0.5, 0.6) is 0 Å². The van der Waals surface area contributed by atoms with Gasteiger partial charge >= 0.3 is 18.0 Å². The number of hydrogen-bond donors (Lipinski definition) is 2. The van der Waals surface area contributed by atoms with Gasteiger partial charge in [0.25, 0.3) is 5.56 Å². The second-order valence-electron chi connectivity index (χ2n) is 7.36. The zero-order valence-electron chi connectivity index (χ0n) is 17.6. The normalized spacial score (nSPS) is 12.4. The monoisotopic (exact) mass is 543 g/mol. The van der Waals surface area contributed by atoms with Crippen molar-refractivity contribution >= 4 is 22.0 Å². The van der Waals surface area contributed by atoms with Crippen LogP contribution in [0.15, 0.2) is 62.6 Å². The molecule has 12 heteroatoms. The van der Waals surface area contributed by atoms with E-state index in [1.54, 1.807) is 30.3 Å². The number of benzene rings is 2. The first-order valence-corrected chi connectivity index (χ1v) is 10.6. The number of amides is 1. The summed E-state index contributed by atoms with van der Waals surface area (Å²) in [7, 11) is 0. The average molecular weight is 544 g/mol. The van der Waals surface area contributed by atoms with Crippen molar-refractivity contribution in [2.24, 2.45) is 0 Å². The second kappa shape index (κ2) is 9.84. The first-order valence-electron chi connectivity index (χ1n) is 9.80. The molecule has 1 heterocycles. The van der Waals surface area contributed by atoms with Crippen molar-refractivity contribution in [3.8, 4) is 0 Å². The molecule has 1 atom stereocenters. The lowest BCUT2D eigenvalue weighted by molar-refractivity contribution is -0.138. The highest BCUT2D eigenvalue weighted by atomic mass is 79.9. The Morgan fingerprint density at radius 1 is 1.09 bits per heavy atom. The molecule has 2 aromatic carbocycles. The lowest BCUT2D eigenvalue weighted by atomic mass is 10.1. The maximum atomic E-state index is 14.4. The summed E-state index contributed by atoms with van der Waals surface area (Å²) in [4.78, 5) is 37.4. The molecule has 1 unspecified atom stereocenters. The molecular weight excluding hydrogens is 526 g/mol. The van der Waals surface area contributed by atoms with Crippen LogP contribution in [0.4, 0.5) is 22.4 Å². The molecule has 0 saturated heterocycles. The number of nitrogens with one attached hydrogen (secondary N) is 1. The Balaban J connectivity index is 2.15. The van der Waals surface area contributed by atoms with Crippen molar-refractivity contribution in [3.63, 3.8) is 0 Å². The Hall–Kier alpha value is -3.41. The fourth-order valence-electron chi connectivity index (χ4n) is 3.51. The molecule has 2 N–H and O–H groups in total. The van der Waals surface area contributed by atoms with Gasteiger partial charge in [-0.15, -0.1) is 0 Å². The first-order chi connectivity index (χ1) is 15.9. The van der Waals surface area contributed by atoms with Crippen LogP contribution < -0.4 is 16.6 Å². The van der Waals surface area contributed by atoms with Crippen LogP contribution in [-0.2, 0) is 19.3 Å². The van der Waals surface area contributed by atoms with Gasteiger partial charge in [-0.05, 0) is 40.5 Å². The van der Waals surface area contributed by atoms with E-state index in [9.17, 15) is 37.1 Å². The molecule has 0 aliphatic rings. The van der Waals surface area contributed by atoms with Crippen molar-refractivity contribution in [2.75, 3.05) is 0 Å². The smallest absolute Gasteiger partial charge is 0.416 e. The zero-order chi connectivity index (χ0) is 25.2. The van der Waals surface area contributed by atoms with E-state index in [1.165, 1.54) is 6.92 Å². The van der Waals surface area contributed by atoms with Gasteiger partial charge in [0.2, 0.25) is 0 Å². The number of hydrogen-bond acceptors (Lipinski definition) is 3. The fraction of sp³-hybridized carbons (Fsp3) is 0.227. The van der Waals surface area contributed by atoms with E-state index >= 15 is 0 Å². The minimum Gasteiger partial charge on any atom is -0.465 e. The highest BCUT2D eigenvalue weighted by Gasteiger charge is 2.35. The summed E-state index contributed by atoms with van der Waals surface area (Å²) >= 11 is 3.06. The Bertz CT molecular complexity index is 1340. The molecular formula is C22H18BrF4N3O4.